The highest BCUT2D eigenvalue weighted by Crippen LogP contribution is 2.22. The van der Waals surface area contributed by atoms with E-state index < -0.39 is 0 Å². The van der Waals surface area contributed by atoms with E-state index in [-0.39, 0.29) is 13.3 Å². The van der Waals surface area contributed by atoms with E-state index in [1.807, 2.05) is 14.0 Å². The van der Waals surface area contributed by atoms with Crippen LogP contribution in [0.2, 0.25) is 0 Å². The lowest BCUT2D eigenvalue weighted by Gasteiger charge is -2.38. The summed E-state index contributed by atoms with van der Waals surface area (Å²) < 4.78 is 0. The zero-order valence-electron chi connectivity index (χ0n) is 38.2. The Morgan fingerprint density at radius 3 is 1.75 bits per heavy atom. The largest absolute Gasteiger partial charge is 0.392 e. The molecule has 11 heteroatoms. The third-order valence-corrected chi connectivity index (χ3v) is 11.6. The number of rotatable bonds is 17. The molecule has 3 fully saturated rings. The Labute approximate surface area is 372 Å². The van der Waals surface area contributed by atoms with Crippen molar-refractivity contribution >= 4 is 28.7 Å². The predicted molar refractivity (Wildman–Crippen MR) is 266 cm³/mol. The van der Waals surface area contributed by atoms with E-state index in [9.17, 15) is 4.79 Å². The number of nitrogens with zero attached hydrogens (tertiary/aromatic N) is 4. The smallest absolute Gasteiger partial charge is 0.214 e. The number of carbonyl (C=O) groups is 1. The van der Waals surface area contributed by atoms with Crippen molar-refractivity contribution in [2.75, 3.05) is 116 Å². The summed E-state index contributed by atoms with van der Waals surface area (Å²) in [7, 11) is 4.20. The molecule has 61 heavy (non-hydrogen) atoms. The highest BCUT2D eigenvalue weighted by molar-refractivity contribution is 5.70. The Kier molecular flexibility index (Phi) is 26.6. The topological polar surface area (TPSA) is 116 Å². The number of primary amides is 1. The summed E-state index contributed by atoms with van der Waals surface area (Å²) in [5.74, 6) is 0.455. The molecule has 7 N–H and O–H groups in total. The molecule has 0 aromatic heterocycles. The van der Waals surface area contributed by atoms with Crippen LogP contribution in [0.1, 0.15) is 84.3 Å². The number of anilines is 2. The van der Waals surface area contributed by atoms with Gasteiger partial charge in [0.25, 0.3) is 0 Å². The van der Waals surface area contributed by atoms with Crippen molar-refractivity contribution in [1.29, 1.82) is 0 Å². The summed E-state index contributed by atoms with van der Waals surface area (Å²) in [6.07, 6.45) is 13.4. The molecule has 1 amide bonds. The number of hydrogen-bond donors (Lipinski definition) is 6. The van der Waals surface area contributed by atoms with Gasteiger partial charge in [0.1, 0.15) is 0 Å². The molecule has 6 rings (SSSR count). The van der Waals surface area contributed by atoms with Gasteiger partial charge in [-0.2, -0.15) is 0 Å². The molecule has 2 unspecified atom stereocenters. The Bertz CT molecular complexity index is 1530. The Morgan fingerprint density at radius 2 is 1.31 bits per heavy atom. The van der Waals surface area contributed by atoms with Crippen molar-refractivity contribution in [3.05, 3.63) is 97.2 Å². The van der Waals surface area contributed by atoms with Crippen LogP contribution >= 0.6 is 0 Å². The van der Waals surface area contributed by atoms with Crippen molar-refractivity contribution in [1.82, 2.24) is 36.4 Å². The lowest BCUT2D eigenvalue weighted by molar-refractivity contribution is -0.115. The van der Waals surface area contributed by atoms with E-state index in [1.165, 1.54) is 82.0 Å². The summed E-state index contributed by atoms with van der Waals surface area (Å²) in [5, 5.41) is 17.2. The SMILES string of the molecule is C.C=C(NCCNCCNC(=C)c1ccc(N2CCN(CCC(C)C3CCN3)CC2)cc1)c1ccc(N2CCN(C)CC2)cc1.C=CC.CC(N)=O.CNC1=CCCCCC1. The molecule has 4 aliphatic rings. The van der Waals surface area contributed by atoms with Crippen LogP contribution < -0.4 is 42.1 Å². The van der Waals surface area contributed by atoms with Crippen LogP contribution in [0.3, 0.4) is 0 Å². The molecule has 3 saturated heterocycles. The zero-order chi connectivity index (χ0) is 43.5. The van der Waals surface area contributed by atoms with Crippen molar-refractivity contribution in [2.45, 2.75) is 79.2 Å². The number of nitrogens with two attached hydrogens (primary N) is 1. The molecule has 2 aromatic rings. The molecule has 342 valence electrons. The highest BCUT2D eigenvalue weighted by atomic mass is 16.1. The third kappa shape index (κ3) is 20.9. The molecule has 11 nitrogen and oxygen atoms in total. The zero-order valence-corrected chi connectivity index (χ0v) is 38.2. The van der Waals surface area contributed by atoms with Crippen molar-refractivity contribution in [3.63, 3.8) is 0 Å². The van der Waals surface area contributed by atoms with Gasteiger partial charge in [-0.15, -0.1) is 6.58 Å². The average molecular weight is 843 g/mol. The summed E-state index contributed by atoms with van der Waals surface area (Å²) in [4.78, 5) is 19.2. The monoisotopic (exact) mass is 843 g/mol. The van der Waals surface area contributed by atoms with Gasteiger partial charge in [0.05, 0.1) is 0 Å². The van der Waals surface area contributed by atoms with E-state index in [1.54, 1.807) is 6.08 Å². The number of amides is 1. The summed E-state index contributed by atoms with van der Waals surface area (Å²) >= 11 is 0. The maximum absolute atomic E-state index is 9.22. The number of allylic oxidation sites excluding steroid dienone is 3. The fourth-order valence-electron chi connectivity index (χ4n) is 7.60. The number of benzene rings is 2. The van der Waals surface area contributed by atoms with Crippen LogP contribution in [-0.4, -0.2) is 127 Å². The number of hydrogen-bond acceptors (Lipinski definition) is 10. The van der Waals surface area contributed by atoms with Gasteiger partial charge in [-0.05, 0) is 107 Å². The molecule has 3 aliphatic heterocycles. The van der Waals surface area contributed by atoms with E-state index in [0.29, 0.717) is 0 Å². The first kappa shape index (κ1) is 52.8. The molecule has 2 atom stereocenters. The van der Waals surface area contributed by atoms with Crippen LogP contribution in [0.4, 0.5) is 11.4 Å². The summed E-state index contributed by atoms with van der Waals surface area (Å²) in [6.45, 7) is 32.3. The van der Waals surface area contributed by atoms with E-state index in [2.05, 4.69) is 140 Å². The predicted octanol–water partition coefficient (Wildman–Crippen LogP) is 6.73. The second-order valence-corrected chi connectivity index (χ2v) is 16.5. The first-order valence-corrected chi connectivity index (χ1v) is 22.7. The Balaban J connectivity index is 0.000000637. The average Bonchev–Trinajstić information content (AvgIpc) is 3.52. The Morgan fingerprint density at radius 1 is 0.836 bits per heavy atom. The van der Waals surface area contributed by atoms with Crippen LogP contribution in [-0.2, 0) is 4.79 Å². The van der Waals surface area contributed by atoms with Gasteiger partial charge in [0.15, 0.2) is 0 Å². The minimum atomic E-state index is -0.333. The maximum Gasteiger partial charge on any atom is 0.214 e. The fraction of sp³-hybridized carbons (Fsp3) is 0.580. The lowest BCUT2D eigenvalue weighted by Crippen LogP contribution is -2.49. The minimum absolute atomic E-state index is 0. The van der Waals surface area contributed by atoms with E-state index in [4.69, 9.17) is 0 Å². The first-order chi connectivity index (χ1) is 29.0. The number of piperazine rings is 2. The minimum Gasteiger partial charge on any atom is -0.392 e. The van der Waals surface area contributed by atoms with E-state index >= 15 is 0 Å². The molecule has 3 heterocycles. The lowest BCUT2D eigenvalue weighted by atomic mass is 9.90. The summed E-state index contributed by atoms with van der Waals surface area (Å²) in [6, 6.07) is 18.4. The van der Waals surface area contributed by atoms with Crippen LogP contribution in [0.25, 0.3) is 11.4 Å². The highest BCUT2D eigenvalue weighted by Gasteiger charge is 2.24. The fourth-order valence-corrected chi connectivity index (χ4v) is 7.60. The molecular formula is C50H86N10O. The molecule has 2 aromatic carbocycles. The van der Waals surface area contributed by atoms with Gasteiger partial charge >= 0.3 is 0 Å². The van der Waals surface area contributed by atoms with E-state index in [0.717, 1.165) is 113 Å². The second-order valence-electron chi connectivity index (χ2n) is 16.5. The Hall–Kier alpha value is -4.29. The third-order valence-electron chi connectivity index (χ3n) is 11.6. The normalized spacial score (nSPS) is 18.2. The number of nitrogens with one attached hydrogen (secondary N) is 5. The molecule has 0 saturated carbocycles. The number of carbonyl (C=O) groups excluding carboxylic acids is 1. The van der Waals surface area contributed by atoms with Crippen LogP contribution in [0, 0.1) is 5.92 Å². The van der Waals surface area contributed by atoms with Crippen molar-refractivity contribution in [3.8, 4) is 0 Å². The standard InChI is InChI=1S/C36H56N8.C8H15N.C3H6.C2H5NO.CH4/c1-29(36-13-15-40-36)14-20-42-23-27-44(28-24-42)35-11-7-33(8-12-35)31(3)39-19-17-37-16-18-38-30(2)32-5-9-34(10-6-32)43-25-21-41(4)22-26-43;1-9-8-6-4-2-3-5-7-8;1-3-2;1-2(3)4;/h5-12,29,36-40H,2-3,13-28H2,1,4H3;6,9H,2-5,7H2,1H3;3H,1H2,2H3;1H3,(H2,3,4);1H4. The van der Waals surface area contributed by atoms with Crippen molar-refractivity contribution < 1.29 is 4.79 Å². The maximum atomic E-state index is 9.22. The van der Waals surface area contributed by atoms with Gasteiger partial charge in [0.2, 0.25) is 5.91 Å². The van der Waals surface area contributed by atoms with Gasteiger partial charge in [-0.3, -0.25) is 9.69 Å². The van der Waals surface area contributed by atoms with Crippen molar-refractivity contribution in [2.24, 2.45) is 11.7 Å². The molecule has 0 spiro atoms. The molecule has 1 aliphatic carbocycles. The van der Waals surface area contributed by atoms with Gasteiger partial charge in [-0.25, -0.2) is 0 Å². The molecule has 0 radical (unpaired) electrons. The van der Waals surface area contributed by atoms with Gasteiger partial charge in [-0.1, -0.05) is 70.3 Å². The quantitative estimate of drug-likeness (QED) is 0.0757. The van der Waals surface area contributed by atoms with Crippen LogP contribution in [0.15, 0.2) is 86.1 Å². The first-order valence-electron chi connectivity index (χ1n) is 22.7. The second kappa shape index (κ2) is 30.7. The molecule has 0 bridgehead atoms. The van der Waals surface area contributed by atoms with Gasteiger partial charge in [0, 0.05) is 127 Å². The molecular weight excluding hydrogens is 757 g/mol. The van der Waals surface area contributed by atoms with Gasteiger partial charge < -0.3 is 47.0 Å². The summed E-state index contributed by atoms with van der Waals surface area (Å²) in [5.41, 5.74) is 12.8. The van der Waals surface area contributed by atoms with Crippen LogP contribution in [0.5, 0.6) is 0 Å². The number of likely N-dealkylation sites (N-methyl/N-ethyl adjacent to an activating group) is 1.